The molecule has 12 heteroatoms. The molecule has 34 heavy (non-hydrogen) atoms. The molecule has 2 aromatic carbocycles. The number of thiazole rings is 1. The number of nitrogens with zero attached hydrogens (tertiary/aromatic N) is 2. The second-order valence-corrected chi connectivity index (χ2v) is 8.79. The highest BCUT2D eigenvalue weighted by molar-refractivity contribution is 7.22. The smallest absolute Gasteiger partial charge is 0.413 e. The van der Waals surface area contributed by atoms with E-state index in [2.05, 4.69) is 22.5 Å². The third-order valence-corrected chi connectivity index (χ3v) is 6.20. The third-order valence-electron chi connectivity index (χ3n) is 4.84. The third kappa shape index (κ3) is 6.75. The Morgan fingerprint density at radius 2 is 2.09 bits per heavy atom. The van der Waals surface area contributed by atoms with Crippen LogP contribution < -0.4 is 10.6 Å². The van der Waals surface area contributed by atoms with E-state index in [9.17, 15) is 23.5 Å². The molecule has 0 fully saturated rings. The van der Waals surface area contributed by atoms with E-state index in [-0.39, 0.29) is 29.7 Å². The molecule has 0 saturated heterocycles. The zero-order valence-corrected chi connectivity index (χ0v) is 19.6. The highest BCUT2D eigenvalue weighted by Crippen LogP contribution is 2.26. The molecule has 3 N–H and O–H groups in total. The molecule has 3 rings (SSSR count). The molecular formula is C22H22ClF2N4O4S. The summed E-state index contributed by atoms with van der Waals surface area (Å²) in [6.45, 7) is 3.23. The molecule has 0 aliphatic rings. The van der Waals surface area contributed by atoms with Crippen molar-refractivity contribution in [2.75, 3.05) is 19.0 Å². The van der Waals surface area contributed by atoms with Crippen molar-refractivity contribution in [1.29, 1.82) is 0 Å². The minimum atomic E-state index is -1.02. The number of aliphatic hydroxyl groups excluding tert-OH is 1. The number of fused-ring (bicyclic) bond motifs is 1. The van der Waals surface area contributed by atoms with E-state index < -0.39 is 35.9 Å². The lowest BCUT2D eigenvalue weighted by Crippen LogP contribution is -2.47. The van der Waals surface area contributed by atoms with Gasteiger partial charge in [-0.25, -0.2) is 23.4 Å². The predicted molar refractivity (Wildman–Crippen MR) is 126 cm³/mol. The van der Waals surface area contributed by atoms with Crippen molar-refractivity contribution in [3.63, 3.8) is 0 Å². The fourth-order valence-corrected chi connectivity index (χ4v) is 4.11. The van der Waals surface area contributed by atoms with Crippen LogP contribution in [0.3, 0.4) is 0 Å². The van der Waals surface area contributed by atoms with E-state index in [1.165, 1.54) is 42.3 Å². The Balaban J connectivity index is 1.57. The van der Waals surface area contributed by atoms with Gasteiger partial charge in [0.2, 0.25) is 0 Å². The highest BCUT2D eigenvalue weighted by atomic mass is 35.5. The number of likely N-dealkylation sites (N-methyl/N-ethyl adjacent to an activating group) is 1. The van der Waals surface area contributed by atoms with Gasteiger partial charge in [0.1, 0.15) is 18.2 Å². The van der Waals surface area contributed by atoms with Crippen LogP contribution in [0.25, 0.3) is 10.2 Å². The molecule has 1 heterocycles. The van der Waals surface area contributed by atoms with Crippen molar-refractivity contribution in [1.82, 2.24) is 15.2 Å². The number of halogens is 3. The van der Waals surface area contributed by atoms with Gasteiger partial charge in [0.15, 0.2) is 5.13 Å². The first kappa shape index (κ1) is 25.6. The summed E-state index contributed by atoms with van der Waals surface area (Å²) in [4.78, 5) is 30.2. The van der Waals surface area contributed by atoms with Crippen molar-refractivity contribution in [3.05, 3.63) is 65.5 Å². The Labute approximate surface area is 203 Å². The molecule has 0 aliphatic heterocycles. The van der Waals surface area contributed by atoms with Gasteiger partial charge in [0, 0.05) is 13.6 Å². The summed E-state index contributed by atoms with van der Waals surface area (Å²) >= 11 is 6.98. The van der Waals surface area contributed by atoms with E-state index in [0.717, 1.165) is 11.3 Å². The number of nitrogens with one attached hydrogen (secondary N) is 2. The summed E-state index contributed by atoms with van der Waals surface area (Å²) < 4.78 is 32.7. The van der Waals surface area contributed by atoms with Gasteiger partial charge in [0.05, 0.1) is 27.4 Å². The minimum absolute atomic E-state index is 0.0261. The van der Waals surface area contributed by atoms with Gasteiger partial charge in [0.25, 0.3) is 0 Å². The van der Waals surface area contributed by atoms with Crippen LogP contribution in [0.2, 0.25) is 5.02 Å². The van der Waals surface area contributed by atoms with Crippen LogP contribution in [-0.4, -0.2) is 52.9 Å². The molecule has 2 atom stereocenters. The molecule has 1 radical (unpaired) electrons. The number of hydrogen-bond acceptors (Lipinski definition) is 6. The van der Waals surface area contributed by atoms with Gasteiger partial charge < -0.3 is 20.1 Å². The lowest BCUT2D eigenvalue weighted by atomic mass is 10.1. The molecule has 0 aliphatic carbocycles. The van der Waals surface area contributed by atoms with Crippen molar-refractivity contribution >= 4 is 50.4 Å². The van der Waals surface area contributed by atoms with Crippen LogP contribution >= 0.6 is 22.9 Å². The Hall–Kier alpha value is -3.02. The molecule has 0 spiro atoms. The number of hydrogen-bond donors (Lipinski definition) is 3. The Morgan fingerprint density at radius 3 is 2.82 bits per heavy atom. The van der Waals surface area contributed by atoms with Crippen molar-refractivity contribution in [2.45, 2.75) is 25.1 Å². The number of amides is 3. The lowest BCUT2D eigenvalue weighted by molar-refractivity contribution is 0.0913. The normalized spacial score (nSPS) is 12.8. The van der Waals surface area contributed by atoms with E-state index in [1.54, 1.807) is 6.07 Å². The average Bonchev–Trinajstić information content (AvgIpc) is 3.17. The standard InChI is InChI=1S/C22H22ClF2N4O4S/c1-12(30)8-15(29(2)21(31)26-10-13-4-3-5-16(25)19(13)23)11-33-22(32)28-20-27-17-7-6-14(24)9-18(17)34-20/h3-7,9,12,15,30H,1,8,10-11H2,2H3,(H,26,31)(H,27,28,32)/t12-,15+/m1/s1. The monoisotopic (exact) mass is 511 g/mol. The fourth-order valence-electron chi connectivity index (χ4n) is 3.05. The van der Waals surface area contributed by atoms with E-state index >= 15 is 0 Å². The van der Waals surface area contributed by atoms with Crippen LogP contribution in [-0.2, 0) is 11.3 Å². The van der Waals surface area contributed by atoms with E-state index in [4.69, 9.17) is 16.3 Å². The summed E-state index contributed by atoms with van der Waals surface area (Å²) in [6.07, 6.45) is -1.83. The van der Waals surface area contributed by atoms with Gasteiger partial charge in [-0.3, -0.25) is 5.32 Å². The van der Waals surface area contributed by atoms with Gasteiger partial charge in [-0.15, -0.1) is 0 Å². The SMILES string of the molecule is [CH2][C@@H](O)C[C@@H](COC(=O)Nc1nc2ccc(F)cc2s1)N(C)C(=O)NCc1cccc(F)c1Cl. The predicted octanol–water partition coefficient (Wildman–Crippen LogP) is 4.57. The number of rotatable bonds is 8. The summed E-state index contributed by atoms with van der Waals surface area (Å²) in [5, 5.41) is 14.9. The highest BCUT2D eigenvalue weighted by Gasteiger charge is 2.24. The number of aromatic nitrogens is 1. The number of carbonyl (C=O) groups excluding carboxylic acids is 2. The van der Waals surface area contributed by atoms with Crippen LogP contribution in [0.5, 0.6) is 0 Å². The first-order valence-corrected chi connectivity index (χ1v) is 11.3. The molecule has 0 saturated carbocycles. The molecule has 3 aromatic rings. The summed E-state index contributed by atoms with van der Waals surface area (Å²) in [5.74, 6) is -1.02. The molecule has 8 nitrogen and oxygen atoms in total. The zero-order chi connectivity index (χ0) is 24.8. The number of anilines is 1. The molecule has 0 bridgehead atoms. The quantitative estimate of drug-likeness (QED) is 0.411. The maximum atomic E-state index is 13.6. The average molecular weight is 512 g/mol. The fraction of sp³-hybridized carbons (Fsp3) is 0.273. The van der Waals surface area contributed by atoms with Crippen molar-refractivity contribution < 1.29 is 28.2 Å². The molecule has 0 unspecified atom stereocenters. The van der Waals surface area contributed by atoms with Gasteiger partial charge in [-0.05, 0) is 43.2 Å². The van der Waals surface area contributed by atoms with Crippen LogP contribution in [0.15, 0.2) is 36.4 Å². The number of ether oxygens (including phenoxy) is 1. The first-order chi connectivity index (χ1) is 16.1. The maximum Gasteiger partial charge on any atom is 0.413 e. The van der Waals surface area contributed by atoms with Crippen LogP contribution in [0, 0.1) is 18.6 Å². The van der Waals surface area contributed by atoms with Crippen LogP contribution in [0.1, 0.15) is 12.0 Å². The maximum absolute atomic E-state index is 13.6. The lowest BCUT2D eigenvalue weighted by Gasteiger charge is -2.29. The summed E-state index contributed by atoms with van der Waals surface area (Å²) in [6, 6.07) is 7.06. The topological polar surface area (TPSA) is 104 Å². The van der Waals surface area contributed by atoms with Gasteiger partial charge >= 0.3 is 12.1 Å². The van der Waals surface area contributed by atoms with E-state index in [1.807, 2.05) is 0 Å². The molecule has 3 amide bonds. The van der Waals surface area contributed by atoms with E-state index in [0.29, 0.717) is 15.8 Å². The van der Waals surface area contributed by atoms with Gasteiger partial charge in [-0.2, -0.15) is 0 Å². The minimum Gasteiger partial charge on any atom is -0.447 e. The van der Waals surface area contributed by atoms with Crippen molar-refractivity contribution in [2.24, 2.45) is 0 Å². The summed E-state index contributed by atoms with van der Waals surface area (Å²) in [5.41, 5.74) is 0.915. The molecule has 1 aromatic heterocycles. The second-order valence-electron chi connectivity index (χ2n) is 7.38. The Kier molecular flexibility index (Phi) is 8.59. The number of carbonyl (C=O) groups is 2. The Bertz CT molecular complexity index is 1180. The number of benzene rings is 2. The molecule has 181 valence electrons. The Morgan fingerprint density at radius 1 is 1.32 bits per heavy atom. The van der Waals surface area contributed by atoms with Crippen molar-refractivity contribution in [3.8, 4) is 0 Å². The number of aliphatic hydroxyl groups is 1. The summed E-state index contributed by atoms with van der Waals surface area (Å²) in [7, 11) is 1.46. The zero-order valence-electron chi connectivity index (χ0n) is 18.1. The first-order valence-electron chi connectivity index (χ1n) is 10.1. The second kappa shape index (κ2) is 11.4. The van der Waals surface area contributed by atoms with Gasteiger partial charge in [-0.1, -0.05) is 35.1 Å². The largest absolute Gasteiger partial charge is 0.447 e. The molecular weight excluding hydrogens is 490 g/mol. The number of urea groups is 1. The van der Waals surface area contributed by atoms with Crippen LogP contribution in [0.4, 0.5) is 23.5 Å².